The fourth-order valence-electron chi connectivity index (χ4n) is 1.65. The van der Waals surface area contributed by atoms with E-state index in [-0.39, 0.29) is 4.83 Å². The zero-order valence-corrected chi connectivity index (χ0v) is 11.4. The maximum absolute atomic E-state index is 5.54. The molecule has 1 nitrogen and oxygen atoms in total. The van der Waals surface area contributed by atoms with Gasteiger partial charge in [0.1, 0.15) is 11.5 Å². The third kappa shape index (κ3) is 2.18. The van der Waals surface area contributed by atoms with Gasteiger partial charge >= 0.3 is 0 Å². The Labute approximate surface area is 102 Å². The quantitative estimate of drug-likeness (QED) is 0.726. The van der Waals surface area contributed by atoms with Crippen molar-refractivity contribution in [3.63, 3.8) is 0 Å². The van der Waals surface area contributed by atoms with Crippen molar-refractivity contribution in [1.82, 2.24) is 0 Å². The van der Waals surface area contributed by atoms with Gasteiger partial charge in [0.05, 0.1) is 4.83 Å². The van der Waals surface area contributed by atoms with E-state index >= 15 is 0 Å². The first kappa shape index (κ1) is 11.0. The third-order valence-corrected chi connectivity index (χ3v) is 4.72. The normalized spacial score (nSPS) is 13.1. The smallest absolute Gasteiger partial charge is 0.105 e. The van der Waals surface area contributed by atoms with Gasteiger partial charge in [-0.1, -0.05) is 15.9 Å². The summed E-state index contributed by atoms with van der Waals surface area (Å²) >= 11 is 5.54. The summed E-state index contributed by atoms with van der Waals surface area (Å²) in [5.74, 6) is 1.97. The standard InChI is InChI=1S/C12H13BrOS/c1-7-6-10(9(3)14-7)12(13)11-5-4-8(2)15-11/h4-6,12H,1-3H3. The first-order chi connectivity index (χ1) is 7.08. The Morgan fingerprint density at radius 3 is 2.47 bits per heavy atom. The van der Waals surface area contributed by atoms with E-state index in [9.17, 15) is 0 Å². The van der Waals surface area contributed by atoms with Gasteiger partial charge in [-0.3, -0.25) is 0 Å². The number of hydrogen-bond acceptors (Lipinski definition) is 2. The van der Waals surface area contributed by atoms with E-state index in [1.54, 1.807) is 0 Å². The molecule has 0 fully saturated rings. The average molecular weight is 285 g/mol. The highest BCUT2D eigenvalue weighted by molar-refractivity contribution is 9.09. The van der Waals surface area contributed by atoms with Gasteiger partial charge in [-0.05, 0) is 39.0 Å². The second-order valence-electron chi connectivity index (χ2n) is 3.68. The molecular weight excluding hydrogens is 272 g/mol. The summed E-state index contributed by atoms with van der Waals surface area (Å²) in [6.45, 7) is 6.12. The van der Waals surface area contributed by atoms with Gasteiger partial charge < -0.3 is 4.42 Å². The van der Waals surface area contributed by atoms with Crippen LogP contribution in [0.2, 0.25) is 0 Å². The van der Waals surface area contributed by atoms with Gasteiger partial charge in [-0.15, -0.1) is 11.3 Å². The molecule has 0 aliphatic rings. The number of halogens is 1. The zero-order valence-electron chi connectivity index (χ0n) is 9.00. The van der Waals surface area contributed by atoms with Crippen molar-refractivity contribution in [3.05, 3.63) is 45.0 Å². The molecule has 0 aliphatic heterocycles. The molecule has 0 N–H and O–H groups in total. The summed E-state index contributed by atoms with van der Waals surface area (Å²) in [5.41, 5.74) is 1.23. The summed E-state index contributed by atoms with van der Waals surface area (Å²) in [7, 11) is 0. The van der Waals surface area contributed by atoms with Gasteiger partial charge in [0.2, 0.25) is 0 Å². The molecule has 0 radical (unpaired) electrons. The SMILES string of the molecule is Cc1cc(C(Br)c2ccc(C)s2)c(C)o1. The lowest BCUT2D eigenvalue weighted by Gasteiger charge is -2.05. The average Bonchev–Trinajstić information content (AvgIpc) is 2.71. The highest BCUT2D eigenvalue weighted by atomic mass is 79.9. The lowest BCUT2D eigenvalue weighted by atomic mass is 10.1. The summed E-state index contributed by atoms with van der Waals surface area (Å²) < 4.78 is 5.54. The molecule has 2 aromatic heterocycles. The second kappa shape index (κ2) is 4.14. The Morgan fingerprint density at radius 2 is 2.00 bits per heavy atom. The van der Waals surface area contributed by atoms with Crippen molar-refractivity contribution in [3.8, 4) is 0 Å². The Morgan fingerprint density at radius 1 is 1.27 bits per heavy atom. The summed E-state index contributed by atoms with van der Waals surface area (Å²) in [6, 6.07) is 6.42. The molecule has 0 saturated heterocycles. The fourth-order valence-corrected chi connectivity index (χ4v) is 3.41. The summed E-state index contributed by atoms with van der Waals surface area (Å²) in [4.78, 5) is 2.93. The molecule has 1 atom stereocenters. The molecule has 0 aromatic carbocycles. The van der Waals surface area contributed by atoms with Gasteiger partial charge in [0, 0.05) is 15.3 Å². The van der Waals surface area contributed by atoms with Crippen LogP contribution < -0.4 is 0 Å². The van der Waals surface area contributed by atoms with Crippen LogP contribution >= 0.6 is 27.3 Å². The van der Waals surface area contributed by atoms with E-state index in [1.165, 1.54) is 15.3 Å². The van der Waals surface area contributed by atoms with Crippen LogP contribution in [-0.2, 0) is 0 Å². The molecular formula is C12H13BrOS. The van der Waals surface area contributed by atoms with Crippen molar-refractivity contribution in [2.24, 2.45) is 0 Å². The van der Waals surface area contributed by atoms with E-state index in [4.69, 9.17) is 4.42 Å². The highest BCUT2D eigenvalue weighted by Gasteiger charge is 2.17. The largest absolute Gasteiger partial charge is 0.466 e. The van der Waals surface area contributed by atoms with E-state index in [2.05, 4.69) is 41.1 Å². The summed E-state index contributed by atoms with van der Waals surface area (Å²) in [6.07, 6.45) is 0. The van der Waals surface area contributed by atoms with Crippen molar-refractivity contribution in [2.75, 3.05) is 0 Å². The predicted octanol–water partition coefficient (Wildman–Crippen LogP) is 4.75. The Balaban J connectivity index is 2.35. The van der Waals surface area contributed by atoms with Gasteiger partial charge in [0.15, 0.2) is 0 Å². The second-order valence-corrected chi connectivity index (χ2v) is 5.91. The predicted molar refractivity (Wildman–Crippen MR) is 68.0 cm³/mol. The van der Waals surface area contributed by atoms with Crippen molar-refractivity contribution in [2.45, 2.75) is 25.6 Å². The van der Waals surface area contributed by atoms with Crippen LogP contribution in [0.15, 0.2) is 22.6 Å². The minimum atomic E-state index is 0.258. The zero-order chi connectivity index (χ0) is 11.0. The Kier molecular flexibility index (Phi) is 3.03. The Hall–Kier alpha value is -0.540. The number of alkyl halides is 1. The van der Waals surface area contributed by atoms with Gasteiger partial charge in [-0.25, -0.2) is 0 Å². The van der Waals surface area contributed by atoms with E-state index in [1.807, 2.05) is 25.2 Å². The van der Waals surface area contributed by atoms with E-state index in [0.717, 1.165) is 11.5 Å². The van der Waals surface area contributed by atoms with Crippen molar-refractivity contribution in [1.29, 1.82) is 0 Å². The van der Waals surface area contributed by atoms with Crippen LogP contribution in [0.3, 0.4) is 0 Å². The number of furan rings is 1. The van der Waals surface area contributed by atoms with Crippen LogP contribution in [0.5, 0.6) is 0 Å². The molecule has 0 spiro atoms. The van der Waals surface area contributed by atoms with Crippen LogP contribution in [-0.4, -0.2) is 0 Å². The molecule has 15 heavy (non-hydrogen) atoms. The van der Waals surface area contributed by atoms with Crippen LogP contribution in [0.4, 0.5) is 0 Å². The van der Waals surface area contributed by atoms with Crippen molar-refractivity contribution < 1.29 is 4.42 Å². The number of hydrogen-bond donors (Lipinski definition) is 0. The van der Waals surface area contributed by atoms with Crippen LogP contribution in [0, 0.1) is 20.8 Å². The fraction of sp³-hybridized carbons (Fsp3) is 0.333. The van der Waals surface area contributed by atoms with E-state index in [0.29, 0.717) is 0 Å². The maximum atomic E-state index is 5.54. The Bertz CT molecular complexity index is 470. The molecule has 0 bridgehead atoms. The minimum absolute atomic E-state index is 0.258. The van der Waals surface area contributed by atoms with Crippen LogP contribution in [0.1, 0.15) is 31.7 Å². The molecule has 80 valence electrons. The third-order valence-electron chi connectivity index (χ3n) is 2.36. The number of thiophene rings is 1. The summed E-state index contributed by atoms with van der Waals surface area (Å²) in [5, 5.41) is 0. The molecule has 0 saturated carbocycles. The monoisotopic (exact) mass is 284 g/mol. The molecule has 0 amide bonds. The molecule has 2 heterocycles. The van der Waals surface area contributed by atoms with Crippen molar-refractivity contribution >= 4 is 27.3 Å². The minimum Gasteiger partial charge on any atom is -0.466 e. The maximum Gasteiger partial charge on any atom is 0.105 e. The molecule has 2 rings (SSSR count). The molecule has 2 aromatic rings. The van der Waals surface area contributed by atoms with Crippen LogP contribution in [0.25, 0.3) is 0 Å². The lowest BCUT2D eigenvalue weighted by molar-refractivity contribution is 0.502. The molecule has 3 heteroatoms. The first-order valence-electron chi connectivity index (χ1n) is 4.85. The number of aryl methyl sites for hydroxylation is 3. The topological polar surface area (TPSA) is 13.1 Å². The number of rotatable bonds is 2. The highest BCUT2D eigenvalue weighted by Crippen LogP contribution is 2.37. The lowest BCUT2D eigenvalue weighted by Crippen LogP contribution is -1.88. The molecule has 0 aliphatic carbocycles. The van der Waals surface area contributed by atoms with E-state index < -0.39 is 0 Å². The van der Waals surface area contributed by atoms with Gasteiger partial charge in [-0.2, -0.15) is 0 Å². The molecule has 1 unspecified atom stereocenters. The van der Waals surface area contributed by atoms with Gasteiger partial charge in [0.25, 0.3) is 0 Å². The first-order valence-corrected chi connectivity index (χ1v) is 6.58.